The minimum absolute atomic E-state index is 0.0749. The molecule has 0 amide bonds. The van der Waals surface area contributed by atoms with Gasteiger partial charge in [0.15, 0.2) is 17.6 Å². The van der Waals surface area contributed by atoms with Gasteiger partial charge >= 0.3 is 5.97 Å². The fraction of sp³-hybridized carbons (Fsp3) is 0.136. The molecule has 1 atom stereocenters. The van der Waals surface area contributed by atoms with Gasteiger partial charge in [0.2, 0.25) is 0 Å². The summed E-state index contributed by atoms with van der Waals surface area (Å²) >= 11 is 12.3. The Morgan fingerprint density at radius 2 is 1.38 bits per heavy atom. The zero-order valence-corrected chi connectivity index (χ0v) is 16.7. The van der Waals surface area contributed by atoms with Crippen molar-refractivity contribution >= 4 is 29.2 Å². The Hall–Kier alpha value is -2.73. The summed E-state index contributed by atoms with van der Waals surface area (Å²) in [6, 6.07) is 19.1. The summed E-state index contributed by atoms with van der Waals surface area (Å²) in [4.78, 5) is 11.3. The van der Waals surface area contributed by atoms with Crippen molar-refractivity contribution in [3.63, 3.8) is 0 Å². The Bertz CT molecular complexity index is 1010. The van der Waals surface area contributed by atoms with Crippen molar-refractivity contribution in [1.29, 1.82) is 0 Å². The Kier molecular flexibility index (Phi) is 6.99. The van der Waals surface area contributed by atoms with Gasteiger partial charge in [0, 0.05) is 26.7 Å². The van der Waals surface area contributed by atoms with E-state index in [1.54, 1.807) is 36.4 Å². The smallest absolute Gasteiger partial charge is 0.337 e. The van der Waals surface area contributed by atoms with E-state index in [1.807, 2.05) is 24.3 Å². The van der Waals surface area contributed by atoms with Gasteiger partial charge in [-0.15, -0.1) is 0 Å². The molecule has 0 saturated carbocycles. The van der Waals surface area contributed by atoms with Crippen LogP contribution in [0.15, 0.2) is 66.7 Å². The third kappa shape index (κ3) is 5.21. The maximum absolute atomic E-state index is 11.3. The number of carboxylic acid groups (broad SMARTS) is 1. The number of carboxylic acids is 1. The van der Waals surface area contributed by atoms with Gasteiger partial charge in [-0.25, -0.2) is 4.79 Å². The SMILES string of the molecule is O=C(O)[C@@H](O)c1cccc(OCc2ccccc2Cl)c1OCc1ccccc1Cl. The second-order valence-electron chi connectivity index (χ2n) is 6.18. The first-order valence-electron chi connectivity index (χ1n) is 8.73. The molecule has 0 spiro atoms. The van der Waals surface area contributed by atoms with E-state index in [2.05, 4.69) is 0 Å². The zero-order chi connectivity index (χ0) is 20.8. The number of aliphatic carboxylic acids is 1. The molecule has 0 radical (unpaired) electrons. The molecule has 7 heteroatoms. The van der Waals surface area contributed by atoms with Crippen LogP contribution in [-0.2, 0) is 18.0 Å². The van der Waals surface area contributed by atoms with Crippen molar-refractivity contribution < 1.29 is 24.5 Å². The Labute approximate surface area is 178 Å². The highest BCUT2D eigenvalue weighted by molar-refractivity contribution is 6.31. The molecule has 0 aromatic heterocycles. The quantitative estimate of drug-likeness (QED) is 0.506. The Morgan fingerprint density at radius 1 is 0.828 bits per heavy atom. The molecule has 0 aliphatic rings. The largest absolute Gasteiger partial charge is 0.485 e. The first kappa shape index (κ1) is 21.0. The van der Waals surface area contributed by atoms with Crippen molar-refractivity contribution in [3.05, 3.63) is 93.5 Å². The fourth-order valence-corrected chi connectivity index (χ4v) is 3.07. The molecule has 0 heterocycles. The van der Waals surface area contributed by atoms with Crippen LogP contribution in [0.3, 0.4) is 0 Å². The van der Waals surface area contributed by atoms with E-state index in [-0.39, 0.29) is 30.3 Å². The number of carbonyl (C=O) groups is 1. The van der Waals surface area contributed by atoms with Crippen LogP contribution in [-0.4, -0.2) is 16.2 Å². The van der Waals surface area contributed by atoms with Gasteiger partial charge in [-0.05, 0) is 18.2 Å². The third-order valence-electron chi connectivity index (χ3n) is 4.21. The molecule has 0 saturated heterocycles. The third-order valence-corrected chi connectivity index (χ3v) is 4.95. The first-order chi connectivity index (χ1) is 14.0. The molecule has 29 heavy (non-hydrogen) atoms. The first-order valence-corrected chi connectivity index (χ1v) is 9.49. The molecule has 2 N–H and O–H groups in total. The summed E-state index contributed by atoms with van der Waals surface area (Å²) < 4.78 is 11.7. The van der Waals surface area contributed by atoms with Crippen LogP contribution >= 0.6 is 23.2 Å². The summed E-state index contributed by atoms with van der Waals surface area (Å²) in [5.41, 5.74) is 1.56. The molecular formula is C22H18Cl2O5. The molecule has 3 aromatic rings. The Morgan fingerprint density at radius 3 is 1.93 bits per heavy atom. The molecular weight excluding hydrogens is 415 g/mol. The van der Waals surface area contributed by atoms with Gasteiger partial charge in [-0.3, -0.25) is 0 Å². The number of hydrogen-bond acceptors (Lipinski definition) is 4. The van der Waals surface area contributed by atoms with E-state index < -0.39 is 12.1 Å². The summed E-state index contributed by atoms with van der Waals surface area (Å²) in [7, 11) is 0. The monoisotopic (exact) mass is 432 g/mol. The number of halogens is 2. The average molecular weight is 433 g/mol. The highest BCUT2D eigenvalue weighted by Crippen LogP contribution is 2.37. The molecule has 0 bridgehead atoms. The Balaban J connectivity index is 1.90. The summed E-state index contributed by atoms with van der Waals surface area (Å²) in [5.74, 6) is -0.972. The van der Waals surface area contributed by atoms with Crippen LogP contribution < -0.4 is 9.47 Å². The van der Waals surface area contributed by atoms with Crippen molar-refractivity contribution in [2.24, 2.45) is 0 Å². The summed E-state index contributed by atoms with van der Waals surface area (Å²) in [5, 5.41) is 20.4. The molecule has 5 nitrogen and oxygen atoms in total. The highest BCUT2D eigenvalue weighted by Gasteiger charge is 2.24. The molecule has 150 valence electrons. The molecule has 0 aliphatic carbocycles. The lowest BCUT2D eigenvalue weighted by Gasteiger charge is -2.18. The number of para-hydroxylation sites is 1. The number of ether oxygens (including phenoxy) is 2. The maximum atomic E-state index is 11.3. The molecule has 0 unspecified atom stereocenters. The molecule has 0 fully saturated rings. The second kappa shape index (κ2) is 9.65. The van der Waals surface area contributed by atoms with Crippen LogP contribution in [0.4, 0.5) is 0 Å². The van der Waals surface area contributed by atoms with Gasteiger partial charge in [-0.2, -0.15) is 0 Å². The lowest BCUT2D eigenvalue weighted by Crippen LogP contribution is -2.13. The predicted octanol–water partition coefficient (Wildman–Crippen LogP) is 5.27. The van der Waals surface area contributed by atoms with E-state index in [1.165, 1.54) is 6.07 Å². The fourth-order valence-electron chi connectivity index (χ4n) is 2.69. The van der Waals surface area contributed by atoms with E-state index >= 15 is 0 Å². The number of benzene rings is 3. The van der Waals surface area contributed by atoms with E-state index in [0.29, 0.717) is 15.6 Å². The normalized spacial score (nSPS) is 11.7. The van der Waals surface area contributed by atoms with Gasteiger partial charge in [0.05, 0.1) is 0 Å². The molecule has 0 aliphatic heterocycles. The van der Waals surface area contributed by atoms with Gasteiger partial charge in [-0.1, -0.05) is 71.7 Å². The standard InChI is InChI=1S/C22H18Cl2O5/c23-17-9-3-1-6-14(17)12-28-19-11-5-8-16(20(25)22(26)27)21(19)29-13-15-7-2-4-10-18(15)24/h1-11,20,25H,12-13H2,(H,26,27)/t20-/m0/s1. The topological polar surface area (TPSA) is 76.0 Å². The van der Waals surface area contributed by atoms with Crippen LogP contribution in [0.25, 0.3) is 0 Å². The van der Waals surface area contributed by atoms with Crippen molar-refractivity contribution in [3.8, 4) is 11.5 Å². The molecule has 3 aromatic carbocycles. The van der Waals surface area contributed by atoms with Crippen LogP contribution in [0.2, 0.25) is 10.0 Å². The lowest BCUT2D eigenvalue weighted by molar-refractivity contribution is -0.147. The van der Waals surface area contributed by atoms with E-state index in [0.717, 1.165) is 5.56 Å². The predicted molar refractivity (Wildman–Crippen MR) is 111 cm³/mol. The number of hydrogen-bond donors (Lipinski definition) is 2. The van der Waals surface area contributed by atoms with Crippen LogP contribution in [0.1, 0.15) is 22.8 Å². The van der Waals surface area contributed by atoms with Crippen molar-refractivity contribution in [1.82, 2.24) is 0 Å². The van der Waals surface area contributed by atoms with Gasteiger partial charge in [0.25, 0.3) is 0 Å². The molecule has 3 rings (SSSR count). The van der Waals surface area contributed by atoms with E-state index in [9.17, 15) is 15.0 Å². The minimum atomic E-state index is -1.76. The van der Waals surface area contributed by atoms with Gasteiger partial charge in [0.1, 0.15) is 13.2 Å². The zero-order valence-electron chi connectivity index (χ0n) is 15.2. The summed E-state index contributed by atoms with van der Waals surface area (Å²) in [6.45, 7) is 0.222. The number of aliphatic hydroxyl groups is 1. The van der Waals surface area contributed by atoms with Crippen molar-refractivity contribution in [2.45, 2.75) is 19.3 Å². The van der Waals surface area contributed by atoms with Crippen LogP contribution in [0.5, 0.6) is 11.5 Å². The average Bonchev–Trinajstić information content (AvgIpc) is 2.72. The maximum Gasteiger partial charge on any atom is 0.337 e. The second-order valence-corrected chi connectivity index (χ2v) is 6.99. The van der Waals surface area contributed by atoms with Gasteiger partial charge < -0.3 is 19.7 Å². The number of rotatable bonds is 8. The summed E-state index contributed by atoms with van der Waals surface area (Å²) in [6.07, 6.45) is -1.76. The van der Waals surface area contributed by atoms with Crippen LogP contribution in [0, 0.1) is 0 Å². The highest BCUT2D eigenvalue weighted by atomic mass is 35.5. The van der Waals surface area contributed by atoms with E-state index in [4.69, 9.17) is 32.7 Å². The number of aliphatic hydroxyl groups excluding tert-OH is 1. The van der Waals surface area contributed by atoms with Crippen molar-refractivity contribution in [2.75, 3.05) is 0 Å². The minimum Gasteiger partial charge on any atom is -0.485 e. The lowest BCUT2D eigenvalue weighted by atomic mass is 10.1.